The molecular weight excluding hydrogens is 249 g/mol. The zero-order valence-corrected chi connectivity index (χ0v) is 9.44. The van der Waals surface area contributed by atoms with Crippen LogP contribution in [0, 0.1) is 17.5 Å². The van der Waals surface area contributed by atoms with Crippen LogP contribution in [0.3, 0.4) is 0 Å². The minimum atomic E-state index is -1.45. The van der Waals surface area contributed by atoms with Crippen LogP contribution in [0.1, 0.15) is 5.56 Å². The van der Waals surface area contributed by atoms with E-state index in [1.165, 1.54) is 0 Å². The van der Waals surface area contributed by atoms with E-state index in [4.69, 9.17) is 11.6 Å². The molecule has 0 spiro atoms. The van der Waals surface area contributed by atoms with Gasteiger partial charge in [0.05, 0.1) is 0 Å². The Hall–Kier alpha value is -1.48. The highest BCUT2D eigenvalue weighted by Crippen LogP contribution is 2.24. The second-order valence-corrected chi connectivity index (χ2v) is 3.85. The molecule has 0 radical (unpaired) electrons. The predicted molar refractivity (Wildman–Crippen MR) is 61.3 cm³/mol. The number of rotatable bonds is 2. The first kappa shape index (κ1) is 12.0. The van der Waals surface area contributed by atoms with Crippen molar-refractivity contribution in [3.05, 3.63) is 59.4 Å². The Morgan fingerprint density at radius 1 is 0.824 bits per heavy atom. The molecule has 2 aromatic carbocycles. The van der Waals surface area contributed by atoms with Gasteiger partial charge in [0.2, 0.25) is 0 Å². The first-order valence-electron chi connectivity index (χ1n) is 4.91. The minimum absolute atomic E-state index is 0.294. The predicted octanol–water partition coefficient (Wildman–Crippen LogP) is 4.51. The van der Waals surface area contributed by atoms with Gasteiger partial charge in [-0.05, 0) is 28.8 Å². The quantitative estimate of drug-likeness (QED) is 0.548. The third kappa shape index (κ3) is 2.44. The summed E-state index contributed by atoms with van der Waals surface area (Å²) >= 11 is 5.63. The van der Waals surface area contributed by atoms with E-state index in [0.29, 0.717) is 17.0 Å². The first-order chi connectivity index (χ1) is 8.11. The highest BCUT2D eigenvalue weighted by atomic mass is 35.5. The standard InChI is InChI=1S/C13H8ClF3/c14-7-8-1-3-9(4-2-8)10-5-11(15)13(17)12(16)6-10/h1-6H,7H2. The van der Waals surface area contributed by atoms with Crippen molar-refractivity contribution in [2.75, 3.05) is 0 Å². The molecular formula is C13H8ClF3. The van der Waals surface area contributed by atoms with Crippen molar-refractivity contribution in [2.24, 2.45) is 0 Å². The lowest BCUT2D eigenvalue weighted by Gasteiger charge is -2.04. The van der Waals surface area contributed by atoms with Crippen LogP contribution in [-0.2, 0) is 5.88 Å². The Balaban J connectivity index is 2.45. The van der Waals surface area contributed by atoms with Gasteiger partial charge in [0.15, 0.2) is 17.5 Å². The molecule has 0 aliphatic carbocycles. The molecule has 0 aliphatic heterocycles. The average Bonchev–Trinajstić information content (AvgIpc) is 2.35. The van der Waals surface area contributed by atoms with Crippen LogP contribution in [0.2, 0.25) is 0 Å². The molecule has 0 saturated carbocycles. The van der Waals surface area contributed by atoms with E-state index in [0.717, 1.165) is 17.7 Å². The van der Waals surface area contributed by atoms with Gasteiger partial charge < -0.3 is 0 Å². The summed E-state index contributed by atoms with van der Waals surface area (Å²) in [6.07, 6.45) is 0. The number of benzene rings is 2. The van der Waals surface area contributed by atoms with E-state index in [9.17, 15) is 13.2 Å². The Labute approximate surface area is 102 Å². The summed E-state index contributed by atoms with van der Waals surface area (Å²) in [6.45, 7) is 0. The number of halogens is 4. The monoisotopic (exact) mass is 256 g/mol. The van der Waals surface area contributed by atoms with Crippen molar-refractivity contribution in [3.8, 4) is 11.1 Å². The van der Waals surface area contributed by atoms with Gasteiger partial charge in [-0.3, -0.25) is 0 Å². The van der Waals surface area contributed by atoms with E-state index < -0.39 is 17.5 Å². The van der Waals surface area contributed by atoms with E-state index in [2.05, 4.69) is 0 Å². The van der Waals surface area contributed by atoms with Gasteiger partial charge in [-0.25, -0.2) is 13.2 Å². The topological polar surface area (TPSA) is 0 Å². The maximum Gasteiger partial charge on any atom is 0.194 e. The van der Waals surface area contributed by atoms with E-state index in [1.807, 2.05) is 0 Å². The third-order valence-electron chi connectivity index (χ3n) is 2.43. The van der Waals surface area contributed by atoms with Crippen LogP contribution in [0.25, 0.3) is 11.1 Å². The second-order valence-electron chi connectivity index (χ2n) is 3.58. The normalized spacial score (nSPS) is 10.6. The van der Waals surface area contributed by atoms with Crippen LogP contribution < -0.4 is 0 Å². The number of hydrogen-bond donors (Lipinski definition) is 0. The van der Waals surface area contributed by atoms with Crippen molar-refractivity contribution in [1.29, 1.82) is 0 Å². The van der Waals surface area contributed by atoms with E-state index >= 15 is 0 Å². The molecule has 0 aromatic heterocycles. The Morgan fingerprint density at radius 2 is 1.35 bits per heavy atom. The van der Waals surface area contributed by atoms with Crippen LogP contribution in [0.4, 0.5) is 13.2 Å². The third-order valence-corrected chi connectivity index (χ3v) is 2.73. The van der Waals surface area contributed by atoms with Crippen LogP contribution in [-0.4, -0.2) is 0 Å². The highest BCUT2D eigenvalue weighted by Gasteiger charge is 2.11. The van der Waals surface area contributed by atoms with Gasteiger partial charge >= 0.3 is 0 Å². The fourth-order valence-corrected chi connectivity index (χ4v) is 1.69. The molecule has 0 N–H and O–H groups in total. The molecule has 0 amide bonds. The van der Waals surface area contributed by atoms with E-state index in [-0.39, 0.29) is 0 Å². The summed E-state index contributed by atoms with van der Waals surface area (Å²) in [5.41, 5.74) is 1.80. The molecule has 0 atom stereocenters. The molecule has 0 nitrogen and oxygen atoms in total. The van der Waals surface area contributed by atoms with Gasteiger partial charge in [-0.15, -0.1) is 11.6 Å². The first-order valence-corrected chi connectivity index (χ1v) is 5.45. The van der Waals surface area contributed by atoms with Gasteiger partial charge in [0, 0.05) is 5.88 Å². The Kier molecular flexibility index (Phi) is 3.38. The van der Waals surface area contributed by atoms with Crippen molar-refractivity contribution < 1.29 is 13.2 Å². The fraction of sp³-hybridized carbons (Fsp3) is 0.0769. The van der Waals surface area contributed by atoms with Crippen molar-refractivity contribution in [3.63, 3.8) is 0 Å². The summed E-state index contributed by atoms with van der Waals surface area (Å²) in [5.74, 6) is -3.47. The molecule has 0 aliphatic rings. The van der Waals surface area contributed by atoms with Crippen molar-refractivity contribution in [1.82, 2.24) is 0 Å². The molecule has 0 fully saturated rings. The Morgan fingerprint density at radius 3 is 1.82 bits per heavy atom. The Bertz CT molecular complexity index is 512. The van der Waals surface area contributed by atoms with Crippen LogP contribution >= 0.6 is 11.6 Å². The smallest absolute Gasteiger partial charge is 0.194 e. The average molecular weight is 257 g/mol. The minimum Gasteiger partial charge on any atom is -0.204 e. The molecule has 88 valence electrons. The molecule has 0 heterocycles. The van der Waals surface area contributed by atoms with Gasteiger partial charge in [-0.2, -0.15) is 0 Å². The SMILES string of the molecule is Fc1cc(-c2ccc(CCl)cc2)cc(F)c1F. The van der Waals surface area contributed by atoms with Crippen molar-refractivity contribution >= 4 is 11.6 Å². The summed E-state index contributed by atoms with van der Waals surface area (Å²) in [4.78, 5) is 0. The summed E-state index contributed by atoms with van der Waals surface area (Å²) in [7, 11) is 0. The van der Waals surface area contributed by atoms with Gasteiger partial charge in [0.1, 0.15) is 0 Å². The van der Waals surface area contributed by atoms with Crippen LogP contribution in [0.15, 0.2) is 36.4 Å². The molecule has 2 aromatic rings. The second kappa shape index (κ2) is 4.80. The summed E-state index contributed by atoms with van der Waals surface area (Å²) in [6, 6.07) is 8.80. The molecule has 0 unspecified atom stereocenters. The lowest BCUT2D eigenvalue weighted by atomic mass is 10.0. The lowest BCUT2D eigenvalue weighted by molar-refractivity contribution is 0.448. The molecule has 0 saturated heterocycles. The maximum atomic E-state index is 13.0. The lowest BCUT2D eigenvalue weighted by Crippen LogP contribution is -1.91. The molecule has 4 heteroatoms. The molecule has 0 bridgehead atoms. The van der Waals surface area contributed by atoms with Gasteiger partial charge in [0.25, 0.3) is 0 Å². The molecule has 17 heavy (non-hydrogen) atoms. The number of hydrogen-bond acceptors (Lipinski definition) is 0. The fourth-order valence-electron chi connectivity index (χ4n) is 1.51. The largest absolute Gasteiger partial charge is 0.204 e. The zero-order valence-electron chi connectivity index (χ0n) is 8.68. The van der Waals surface area contributed by atoms with Gasteiger partial charge in [-0.1, -0.05) is 24.3 Å². The highest BCUT2D eigenvalue weighted by molar-refractivity contribution is 6.17. The maximum absolute atomic E-state index is 13.0. The summed E-state index contributed by atoms with van der Waals surface area (Å²) < 4.78 is 38.8. The van der Waals surface area contributed by atoms with Crippen LogP contribution in [0.5, 0.6) is 0 Å². The zero-order chi connectivity index (χ0) is 12.4. The summed E-state index contributed by atoms with van der Waals surface area (Å²) in [5, 5.41) is 0. The van der Waals surface area contributed by atoms with E-state index in [1.54, 1.807) is 24.3 Å². The molecule has 2 rings (SSSR count). The van der Waals surface area contributed by atoms with Crippen molar-refractivity contribution in [2.45, 2.75) is 5.88 Å². The number of alkyl halides is 1.